The molecule has 0 unspecified atom stereocenters. The van der Waals surface area contributed by atoms with E-state index >= 15 is 0 Å². The molecule has 0 radical (unpaired) electrons. The van der Waals surface area contributed by atoms with Gasteiger partial charge in [0.15, 0.2) is 5.11 Å². The summed E-state index contributed by atoms with van der Waals surface area (Å²) in [5, 5.41) is 15.3. The SMILES string of the molecule is CS(=O)(=O)Nc1ccc(N2C(=S)N[C@H](c3ccccn3)[C@H]2c2cccn2-c2cccc([N+](=O)[O-])c2)cc1. The second-order valence-electron chi connectivity index (χ2n) is 8.50. The zero-order valence-corrected chi connectivity index (χ0v) is 21.2. The summed E-state index contributed by atoms with van der Waals surface area (Å²) in [5.74, 6) is 0. The van der Waals surface area contributed by atoms with E-state index in [0.29, 0.717) is 16.5 Å². The lowest BCUT2D eigenvalue weighted by Gasteiger charge is -2.29. The summed E-state index contributed by atoms with van der Waals surface area (Å²) >= 11 is 5.76. The number of nitrogens with zero attached hydrogens (tertiary/aromatic N) is 4. The number of non-ortho nitro benzene ring substituents is 1. The van der Waals surface area contributed by atoms with E-state index in [4.69, 9.17) is 12.2 Å². The molecule has 1 aliphatic heterocycles. The van der Waals surface area contributed by atoms with Crippen LogP contribution in [0.5, 0.6) is 0 Å². The van der Waals surface area contributed by atoms with Crippen molar-refractivity contribution in [3.8, 4) is 5.69 Å². The first kappa shape index (κ1) is 24.4. The van der Waals surface area contributed by atoms with Crippen molar-refractivity contribution in [2.75, 3.05) is 15.9 Å². The number of sulfonamides is 1. The van der Waals surface area contributed by atoms with Crippen LogP contribution in [0.15, 0.2) is 91.3 Å². The van der Waals surface area contributed by atoms with Crippen molar-refractivity contribution in [1.29, 1.82) is 0 Å². The maximum atomic E-state index is 11.6. The molecule has 0 spiro atoms. The largest absolute Gasteiger partial charge is 0.351 e. The van der Waals surface area contributed by atoms with Crippen molar-refractivity contribution in [3.63, 3.8) is 0 Å². The van der Waals surface area contributed by atoms with Crippen LogP contribution >= 0.6 is 12.2 Å². The van der Waals surface area contributed by atoms with Crippen LogP contribution in [-0.2, 0) is 10.0 Å². The molecule has 0 bridgehead atoms. The number of benzene rings is 2. The number of hydrogen-bond acceptors (Lipinski definition) is 6. The van der Waals surface area contributed by atoms with Crippen molar-refractivity contribution in [2.24, 2.45) is 0 Å². The summed E-state index contributed by atoms with van der Waals surface area (Å²) in [6.45, 7) is 0. The number of rotatable bonds is 7. The minimum Gasteiger partial charge on any atom is -0.351 e. The second kappa shape index (κ2) is 9.64. The monoisotopic (exact) mass is 534 g/mol. The van der Waals surface area contributed by atoms with Crippen molar-refractivity contribution in [1.82, 2.24) is 14.9 Å². The Morgan fingerprint density at radius 3 is 2.49 bits per heavy atom. The van der Waals surface area contributed by atoms with Crippen LogP contribution in [0, 0.1) is 10.1 Å². The average Bonchev–Trinajstić information content (AvgIpc) is 3.48. The van der Waals surface area contributed by atoms with Crippen LogP contribution in [0.1, 0.15) is 23.5 Å². The summed E-state index contributed by atoms with van der Waals surface area (Å²) in [7, 11) is -3.42. The van der Waals surface area contributed by atoms with Gasteiger partial charge >= 0.3 is 0 Å². The Kier molecular flexibility index (Phi) is 6.36. The lowest BCUT2D eigenvalue weighted by atomic mass is 10.0. The van der Waals surface area contributed by atoms with Gasteiger partial charge in [-0.05, 0) is 66.8 Å². The summed E-state index contributed by atoms with van der Waals surface area (Å²) in [4.78, 5) is 17.5. The second-order valence-corrected chi connectivity index (χ2v) is 10.6. The highest BCUT2D eigenvalue weighted by atomic mass is 32.2. The lowest BCUT2D eigenvalue weighted by molar-refractivity contribution is -0.384. The minimum atomic E-state index is -3.42. The van der Waals surface area contributed by atoms with Gasteiger partial charge in [-0.2, -0.15) is 0 Å². The van der Waals surface area contributed by atoms with Crippen molar-refractivity contribution >= 4 is 44.4 Å². The fraction of sp³-hybridized carbons (Fsp3) is 0.120. The van der Waals surface area contributed by atoms with Crippen molar-refractivity contribution < 1.29 is 13.3 Å². The van der Waals surface area contributed by atoms with Crippen LogP contribution in [-0.4, -0.2) is 34.3 Å². The highest BCUT2D eigenvalue weighted by Crippen LogP contribution is 2.42. The average molecular weight is 535 g/mol. The zero-order valence-electron chi connectivity index (χ0n) is 19.6. The normalized spacial score (nSPS) is 17.4. The van der Waals surface area contributed by atoms with E-state index in [9.17, 15) is 18.5 Å². The molecule has 4 aromatic rings. The molecule has 3 heterocycles. The minimum absolute atomic E-state index is 0.00989. The predicted octanol–water partition coefficient (Wildman–Crippen LogP) is 4.33. The number of nitro groups is 1. The Morgan fingerprint density at radius 1 is 1.03 bits per heavy atom. The molecular weight excluding hydrogens is 512 g/mol. The molecule has 2 N–H and O–H groups in total. The number of nitro benzene ring substituents is 1. The maximum absolute atomic E-state index is 11.6. The van der Waals surface area contributed by atoms with E-state index in [1.165, 1.54) is 12.1 Å². The number of thiocarbonyl (C=S) groups is 1. The molecule has 1 aliphatic rings. The fourth-order valence-corrected chi connectivity index (χ4v) is 5.37. The van der Waals surface area contributed by atoms with Crippen molar-refractivity contribution in [2.45, 2.75) is 12.1 Å². The van der Waals surface area contributed by atoms with Gasteiger partial charge in [0.2, 0.25) is 10.0 Å². The molecule has 2 aromatic heterocycles. The third kappa shape index (κ3) is 5.01. The van der Waals surface area contributed by atoms with Gasteiger partial charge < -0.3 is 14.8 Å². The quantitative estimate of drug-likeness (QED) is 0.204. The van der Waals surface area contributed by atoms with Gasteiger partial charge in [0.1, 0.15) is 6.04 Å². The molecule has 37 heavy (non-hydrogen) atoms. The summed E-state index contributed by atoms with van der Waals surface area (Å²) in [5.41, 5.74) is 3.42. The maximum Gasteiger partial charge on any atom is 0.271 e. The molecule has 12 heteroatoms. The highest BCUT2D eigenvalue weighted by Gasteiger charge is 2.42. The first-order chi connectivity index (χ1) is 17.7. The third-order valence-corrected chi connectivity index (χ3v) is 6.87. The summed E-state index contributed by atoms with van der Waals surface area (Å²) < 4.78 is 27.6. The summed E-state index contributed by atoms with van der Waals surface area (Å²) in [6.07, 6.45) is 4.66. The van der Waals surface area contributed by atoms with E-state index in [2.05, 4.69) is 15.0 Å². The number of hydrogen-bond donors (Lipinski definition) is 2. The van der Waals surface area contributed by atoms with Gasteiger partial charge in [-0.25, -0.2) is 8.42 Å². The molecule has 10 nitrogen and oxygen atoms in total. The first-order valence-corrected chi connectivity index (χ1v) is 13.5. The molecule has 2 atom stereocenters. The number of pyridine rings is 1. The number of aromatic nitrogens is 2. The first-order valence-electron chi connectivity index (χ1n) is 11.2. The Labute approximate surface area is 218 Å². The molecule has 2 aromatic carbocycles. The van der Waals surface area contributed by atoms with Crippen LogP contribution in [0.4, 0.5) is 17.1 Å². The van der Waals surface area contributed by atoms with Crippen molar-refractivity contribution in [3.05, 3.63) is 113 Å². The number of anilines is 2. The van der Waals surface area contributed by atoms with E-state index in [1.54, 1.807) is 36.5 Å². The third-order valence-electron chi connectivity index (χ3n) is 5.95. The molecule has 1 saturated heterocycles. The van der Waals surface area contributed by atoms with Gasteiger partial charge in [-0.1, -0.05) is 12.1 Å². The molecule has 0 saturated carbocycles. The van der Waals surface area contributed by atoms with E-state index in [1.807, 2.05) is 52.1 Å². The molecular formula is C25H22N6O4S2. The smallest absolute Gasteiger partial charge is 0.271 e. The van der Waals surface area contributed by atoms with Crippen LogP contribution < -0.4 is 14.9 Å². The molecule has 188 valence electrons. The van der Waals surface area contributed by atoms with Gasteiger partial charge in [-0.15, -0.1) is 0 Å². The van der Waals surface area contributed by atoms with Gasteiger partial charge in [-0.3, -0.25) is 19.8 Å². The van der Waals surface area contributed by atoms with E-state index in [-0.39, 0.29) is 17.8 Å². The Hall–Kier alpha value is -4.29. The zero-order chi connectivity index (χ0) is 26.2. The van der Waals surface area contributed by atoms with E-state index in [0.717, 1.165) is 23.3 Å². The molecule has 1 fully saturated rings. The predicted molar refractivity (Wildman–Crippen MR) is 145 cm³/mol. The number of nitrogens with one attached hydrogen (secondary N) is 2. The Balaban J connectivity index is 1.61. The van der Waals surface area contributed by atoms with Crippen LogP contribution in [0.2, 0.25) is 0 Å². The summed E-state index contributed by atoms with van der Waals surface area (Å²) in [6, 6.07) is 22.1. The highest BCUT2D eigenvalue weighted by molar-refractivity contribution is 7.92. The fourth-order valence-electron chi connectivity index (χ4n) is 4.46. The standard InChI is InChI=1S/C25H22N6O4S2/c1-37(34,35)28-17-10-12-18(13-11-17)30-24(23(27-25(30)36)21-8-2-3-14-26-21)22-9-5-15-29(22)19-6-4-7-20(16-19)31(32)33/h2-16,23-24,28H,1H3,(H,27,36)/t23-,24-/m1/s1. The molecule has 0 aliphatic carbocycles. The van der Waals surface area contributed by atoms with Crippen LogP contribution in [0.3, 0.4) is 0 Å². The Morgan fingerprint density at radius 2 is 1.81 bits per heavy atom. The lowest BCUT2D eigenvalue weighted by Crippen LogP contribution is -2.30. The van der Waals surface area contributed by atoms with Crippen LogP contribution in [0.25, 0.3) is 5.69 Å². The Bertz CT molecular complexity index is 1570. The molecule has 0 amide bonds. The molecule has 5 rings (SSSR count). The van der Waals surface area contributed by atoms with Gasteiger partial charge in [0.05, 0.1) is 28.6 Å². The van der Waals surface area contributed by atoms with E-state index < -0.39 is 14.9 Å². The topological polar surface area (TPSA) is 122 Å². The van der Waals surface area contributed by atoms with Gasteiger partial charge in [0, 0.05) is 41.6 Å². The van der Waals surface area contributed by atoms with Gasteiger partial charge in [0.25, 0.3) is 5.69 Å².